The Morgan fingerprint density at radius 1 is 1.33 bits per heavy atom. The minimum Gasteiger partial charge on any atom is -0.296 e. The van der Waals surface area contributed by atoms with Crippen molar-refractivity contribution in [3.05, 3.63) is 29.8 Å². The van der Waals surface area contributed by atoms with E-state index >= 15 is 0 Å². The van der Waals surface area contributed by atoms with Crippen LogP contribution in [0.4, 0.5) is 0 Å². The first-order valence-corrected chi connectivity index (χ1v) is 7.20. The number of nitrogens with zero attached hydrogens (tertiary/aromatic N) is 2. The van der Waals surface area contributed by atoms with Crippen molar-refractivity contribution in [2.24, 2.45) is 16.1 Å². The molecule has 0 saturated heterocycles. The molecule has 1 heterocycles. The zero-order valence-corrected chi connectivity index (χ0v) is 10.9. The van der Waals surface area contributed by atoms with Crippen molar-refractivity contribution in [3.8, 4) is 0 Å². The second-order valence-corrected chi connectivity index (χ2v) is 6.49. The largest absolute Gasteiger partial charge is 0.296 e. The Morgan fingerprint density at radius 2 is 2.06 bits per heavy atom. The first-order chi connectivity index (χ1) is 8.64. The fourth-order valence-electron chi connectivity index (χ4n) is 2.64. The molecule has 1 aliphatic carbocycles. The number of azo groups is 1. The van der Waals surface area contributed by atoms with Crippen LogP contribution in [0.15, 0.2) is 39.4 Å². The summed E-state index contributed by atoms with van der Waals surface area (Å²) in [5, 5.41) is 8.05. The number of carbonyl (C=O) groups is 1. The second-order valence-electron chi connectivity index (χ2n) is 4.86. The maximum atomic E-state index is 12.7. The summed E-state index contributed by atoms with van der Waals surface area (Å²) in [5.74, 6) is -0.000190. The summed E-state index contributed by atoms with van der Waals surface area (Å²) < 4.78 is 12.7. The molecule has 0 amide bonds. The fraction of sp³-hybridized carbons (Fsp3) is 0.462. The SMILES string of the molecule is Cc1ccc(S(=O)[C@]23N=NC[C@H]2CCC3=O)cc1. The summed E-state index contributed by atoms with van der Waals surface area (Å²) in [5.41, 5.74) is 1.11. The average molecular weight is 262 g/mol. The second kappa shape index (κ2) is 4.09. The third-order valence-electron chi connectivity index (χ3n) is 3.71. The summed E-state index contributed by atoms with van der Waals surface area (Å²) in [6.07, 6.45) is 1.23. The molecule has 3 rings (SSSR count). The number of hydrogen-bond acceptors (Lipinski definition) is 4. The summed E-state index contributed by atoms with van der Waals surface area (Å²) in [7, 11) is -1.43. The third kappa shape index (κ3) is 1.50. The van der Waals surface area contributed by atoms with Crippen molar-refractivity contribution in [2.75, 3.05) is 6.54 Å². The lowest BCUT2D eigenvalue weighted by atomic mass is 10.1. The molecular formula is C13H14N2O2S. The van der Waals surface area contributed by atoms with E-state index in [2.05, 4.69) is 10.2 Å². The molecule has 1 aliphatic heterocycles. The maximum absolute atomic E-state index is 12.7. The normalized spacial score (nSPS) is 31.6. The Morgan fingerprint density at radius 3 is 2.78 bits per heavy atom. The molecule has 5 heteroatoms. The molecule has 0 bridgehead atoms. The van der Waals surface area contributed by atoms with E-state index in [1.807, 2.05) is 31.2 Å². The lowest BCUT2D eigenvalue weighted by Gasteiger charge is -2.22. The number of rotatable bonds is 2. The first-order valence-electron chi connectivity index (χ1n) is 6.05. The standard InChI is InChI=1S/C13H14N2O2S/c1-9-2-5-11(6-3-9)18(17)13-10(8-14-15-13)4-7-12(13)16/h2-3,5-6,10H,4,7-8H2,1H3/t10-,13-,18?/m1/s1. The predicted octanol–water partition coefficient (Wildman–Crippen LogP) is 2.24. The fourth-order valence-corrected chi connectivity index (χ4v) is 4.32. The molecule has 3 atom stereocenters. The molecule has 94 valence electrons. The molecule has 1 saturated carbocycles. The summed E-state index contributed by atoms with van der Waals surface area (Å²) >= 11 is 0. The van der Waals surface area contributed by atoms with E-state index in [1.54, 1.807) is 0 Å². The minimum atomic E-state index is -1.43. The zero-order valence-electron chi connectivity index (χ0n) is 10.1. The van der Waals surface area contributed by atoms with Gasteiger partial charge in [-0.25, -0.2) is 0 Å². The molecule has 1 aromatic carbocycles. The van der Waals surface area contributed by atoms with E-state index in [9.17, 15) is 9.00 Å². The molecule has 0 spiro atoms. The van der Waals surface area contributed by atoms with E-state index in [1.165, 1.54) is 0 Å². The van der Waals surface area contributed by atoms with Crippen molar-refractivity contribution >= 4 is 16.6 Å². The minimum absolute atomic E-state index is 0.0205. The highest BCUT2D eigenvalue weighted by atomic mass is 32.2. The number of ketones is 1. The molecular weight excluding hydrogens is 248 g/mol. The van der Waals surface area contributed by atoms with Crippen LogP contribution in [0.3, 0.4) is 0 Å². The smallest absolute Gasteiger partial charge is 0.222 e. The van der Waals surface area contributed by atoms with E-state index < -0.39 is 15.7 Å². The van der Waals surface area contributed by atoms with Gasteiger partial charge in [0.25, 0.3) is 0 Å². The van der Waals surface area contributed by atoms with Gasteiger partial charge in [-0.15, -0.1) is 0 Å². The van der Waals surface area contributed by atoms with Crippen LogP contribution in [0.2, 0.25) is 0 Å². The van der Waals surface area contributed by atoms with Crippen molar-refractivity contribution in [3.63, 3.8) is 0 Å². The Bertz CT molecular complexity index is 553. The summed E-state index contributed by atoms with van der Waals surface area (Å²) in [4.78, 5) is 11.7. The van der Waals surface area contributed by atoms with Gasteiger partial charge >= 0.3 is 0 Å². The summed E-state index contributed by atoms with van der Waals surface area (Å²) in [6, 6.07) is 7.45. The molecule has 4 nitrogen and oxygen atoms in total. The lowest BCUT2D eigenvalue weighted by Crippen LogP contribution is -2.41. The van der Waals surface area contributed by atoms with Gasteiger partial charge in [-0.1, -0.05) is 17.7 Å². The van der Waals surface area contributed by atoms with Crippen LogP contribution >= 0.6 is 0 Å². The molecule has 0 N–H and O–H groups in total. The molecule has 1 aromatic rings. The first kappa shape index (κ1) is 11.7. The van der Waals surface area contributed by atoms with Crippen molar-refractivity contribution in [2.45, 2.75) is 29.5 Å². The highest BCUT2D eigenvalue weighted by Crippen LogP contribution is 2.44. The van der Waals surface area contributed by atoms with Crippen molar-refractivity contribution in [1.82, 2.24) is 0 Å². The Labute approximate surface area is 108 Å². The molecule has 1 unspecified atom stereocenters. The maximum Gasteiger partial charge on any atom is 0.222 e. The summed E-state index contributed by atoms with van der Waals surface area (Å²) in [6.45, 7) is 2.51. The molecule has 0 aromatic heterocycles. The van der Waals surface area contributed by atoms with Gasteiger partial charge in [-0.3, -0.25) is 9.00 Å². The number of aryl methyl sites for hydroxylation is 1. The van der Waals surface area contributed by atoms with Gasteiger partial charge < -0.3 is 0 Å². The van der Waals surface area contributed by atoms with Gasteiger partial charge in [0.2, 0.25) is 4.87 Å². The molecule has 2 aliphatic rings. The van der Waals surface area contributed by atoms with Gasteiger partial charge in [-0.05, 0) is 25.5 Å². The van der Waals surface area contributed by atoms with Crippen LogP contribution in [0.5, 0.6) is 0 Å². The quantitative estimate of drug-likeness (QED) is 0.820. The average Bonchev–Trinajstić information content (AvgIpc) is 2.92. The van der Waals surface area contributed by atoms with E-state index in [4.69, 9.17) is 0 Å². The molecule has 18 heavy (non-hydrogen) atoms. The zero-order chi connectivity index (χ0) is 12.8. The van der Waals surface area contributed by atoms with Crippen LogP contribution < -0.4 is 0 Å². The highest BCUT2D eigenvalue weighted by molar-refractivity contribution is 7.87. The Hall–Kier alpha value is -1.36. The van der Waals surface area contributed by atoms with Crippen LogP contribution in [-0.4, -0.2) is 21.4 Å². The van der Waals surface area contributed by atoms with E-state index in [-0.39, 0.29) is 11.7 Å². The molecule has 0 radical (unpaired) electrons. The van der Waals surface area contributed by atoms with Crippen LogP contribution in [0.1, 0.15) is 18.4 Å². The van der Waals surface area contributed by atoms with Gasteiger partial charge in [0, 0.05) is 17.2 Å². The number of fused-ring (bicyclic) bond motifs is 1. The number of benzene rings is 1. The van der Waals surface area contributed by atoms with E-state index in [0.717, 1.165) is 12.0 Å². The number of Topliss-reactive ketones (excluding diaryl/α,β-unsaturated/α-hetero) is 1. The van der Waals surface area contributed by atoms with Crippen LogP contribution in [0.25, 0.3) is 0 Å². The predicted molar refractivity (Wildman–Crippen MR) is 67.8 cm³/mol. The van der Waals surface area contributed by atoms with Gasteiger partial charge in [0.05, 0.1) is 17.3 Å². The topological polar surface area (TPSA) is 58.9 Å². The van der Waals surface area contributed by atoms with Crippen molar-refractivity contribution in [1.29, 1.82) is 0 Å². The number of hydrogen-bond donors (Lipinski definition) is 0. The number of carbonyl (C=O) groups excluding carboxylic acids is 1. The lowest BCUT2D eigenvalue weighted by molar-refractivity contribution is -0.119. The highest BCUT2D eigenvalue weighted by Gasteiger charge is 2.58. The monoisotopic (exact) mass is 262 g/mol. The van der Waals surface area contributed by atoms with Gasteiger partial charge in [0.15, 0.2) is 5.78 Å². The Kier molecular flexibility index (Phi) is 2.66. The van der Waals surface area contributed by atoms with Gasteiger partial charge in [0.1, 0.15) is 0 Å². The van der Waals surface area contributed by atoms with Crippen LogP contribution in [-0.2, 0) is 15.6 Å². The third-order valence-corrected chi connectivity index (χ3v) is 5.62. The van der Waals surface area contributed by atoms with Crippen molar-refractivity contribution < 1.29 is 9.00 Å². The van der Waals surface area contributed by atoms with Crippen LogP contribution in [0, 0.1) is 12.8 Å². The van der Waals surface area contributed by atoms with E-state index in [0.29, 0.717) is 17.9 Å². The Balaban J connectivity index is 2.03. The van der Waals surface area contributed by atoms with Gasteiger partial charge in [-0.2, -0.15) is 10.2 Å². The molecule has 1 fully saturated rings.